The first kappa shape index (κ1) is 14.2. The number of ketones is 1. The van der Waals surface area contributed by atoms with Crippen molar-refractivity contribution in [3.63, 3.8) is 0 Å². The van der Waals surface area contributed by atoms with Crippen LogP contribution in [0.2, 0.25) is 0 Å². The summed E-state index contributed by atoms with van der Waals surface area (Å²) in [6.45, 7) is 7.24. The number of Topliss-reactive ketones (excluding diaryl/α,β-unsaturated/α-hetero) is 1. The highest BCUT2D eigenvalue weighted by Gasteiger charge is 2.31. The first-order chi connectivity index (χ1) is 8.56. The predicted molar refractivity (Wildman–Crippen MR) is 75.0 cm³/mol. The SMILES string of the molecule is CC(C)C1CCC(=O)C(CN2CCS(=O)CC2)C1. The van der Waals surface area contributed by atoms with Gasteiger partial charge in [0.05, 0.1) is 0 Å². The molecule has 0 bridgehead atoms. The lowest BCUT2D eigenvalue weighted by atomic mass is 9.75. The molecule has 1 saturated carbocycles. The second-order valence-electron chi connectivity index (χ2n) is 6.09. The van der Waals surface area contributed by atoms with Crippen molar-refractivity contribution in [2.45, 2.75) is 33.1 Å². The molecule has 0 spiro atoms. The lowest BCUT2D eigenvalue weighted by Gasteiger charge is -2.35. The minimum absolute atomic E-state index is 0.234. The molecule has 2 atom stereocenters. The predicted octanol–water partition coefficient (Wildman–Crippen LogP) is 1.69. The number of nitrogens with zero attached hydrogens (tertiary/aromatic N) is 1. The number of hydrogen-bond acceptors (Lipinski definition) is 3. The molecular formula is C14H25NO2S. The Hall–Kier alpha value is -0.220. The average molecular weight is 271 g/mol. The monoisotopic (exact) mass is 271 g/mol. The molecule has 0 aromatic rings. The van der Waals surface area contributed by atoms with Gasteiger partial charge in [-0.05, 0) is 24.7 Å². The molecule has 1 aliphatic carbocycles. The maximum absolute atomic E-state index is 12.0. The van der Waals surface area contributed by atoms with E-state index >= 15 is 0 Å². The van der Waals surface area contributed by atoms with Crippen molar-refractivity contribution >= 4 is 16.6 Å². The van der Waals surface area contributed by atoms with E-state index in [4.69, 9.17) is 0 Å². The molecule has 0 aromatic carbocycles. The van der Waals surface area contributed by atoms with Crippen LogP contribution in [0.25, 0.3) is 0 Å². The summed E-state index contributed by atoms with van der Waals surface area (Å²) in [5, 5.41) is 0. The molecule has 104 valence electrons. The number of rotatable bonds is 3. The van der Waals surface area contributed by atoms with Crippen LogP contribution in [0.4, 0.5) is 0 Å². The van der Waals surface area contributed by atoms with Gasteiger partial charge in [-0.1, -0.05) is 13.8 Å². The van der Waals surface area contributed by atoms with Crippen molar-refractivity contribution in [1.82, 2.24) is 4.90 Å². The van der Waals surface area contributed by atoms with Crippen molar-refractivity contribution in [3.05, 3.63) is 0 Å². The zero-order valence-electron chi connectivity index (χ0n) is 11.6. The van der Waals surface area contributed by atoms with Crippen LogP contribution in [-0.2, 0) is 15.6 Å². The number of hydrogen-bond donors (Lipinski definition) is 0. The molecule has 3 nitrogen and oxygen atoms in total. The lowest BCUT2D eigenvalue weighted by molar-refractivity contribution is -0.126. The minimum Gasteiger partial charge on any atom is -0.301 e. The van der Waals surface area contributed by atoms with Gasteiger partial charge in [0.1, 0.15) is 5.78 Å². The van der Waals surface area contributed by atoms with Crippen molar-refractivity contribution < 1.29 is 9.00 Å². The maximum atomic E-state index is 12.0. The Morgan fingerprint density at radius 3 is 2.61 bits per heavy atom. The van der Waals surface area contributed by atoms with E-state index in [1.54, 1.807) is 0 Å². The van der Waals surface area contributed by atoms with E-state index in [2.05, 4.69) is 18.7 Å². The Morgan fingerprint density at radius 2 is 2.00 bits per heavy atom. The van der Waals surface area contributed by atoms with E-state index in [-0.39, 0.29) is 5.92 Å². The maximum Gasteiger partial charge on any atom is 0.137 e. The van der Waals surface area contributed by atoms with E-state index in [1.165, 1.54) is 0 Å². The van der Waals surface area contributed by atoms with Crippen LogP contribution in [0.15, 0.2) is 0 Å². The van der Waals surface area contributed by atoms with E-state index in [0.29, 0.717) is 17.6 Å². The van der Waals surface area contributed by atoms with Gasteiger partial charge in [0.25, 0.3) is 0 Å². The smallest absolute Gasteiger partial charge is 0.137 e. The quantitative estimate of drug-likeness (QED) is 0.784. The van der Waals surface area contributed by atoms with Gasteiger partial charge >= 0.3 is 0 Å². The molecule has 0 radical (unpaired) electrons. The van der Waals surface area contributed by atoms with E-state index < -0.39 is 10.8 Å². The third kappa shape index (κ3) is 3.64. The third-order valence-electron chi connectivity index (χ3n) is 4.50. The Morgan fingerprint density at radius 1 is 1.33 bits per heavy atom. The van der Waals surface area contributed by atoms with Gasteiger partial charge in [0, 0.05) is 54.3 Å². The van der Waals surface area contributed by atoms with Crippen LogP contribution >= 0.6 is 0 Å². The third-order valence-corrected chi connectivity index (χ3v) is 5.77. The molecule has 0 N–H and O–H groups in total. The van der Waals surface area contributed by atoms with Crippen LogP contribution in [0, 0.1) is 17.8 Å². The van der Waals surface area contributed by atoms with Crippen LogP contribution in [-0.4, -0.2) is 46.0 Å². The molecule has 2 fully saturated rings. The fraction of sp³-hybridized carbons (Fsp3) is 0.929. The molecule has 2 unspecified atom stereocenters. The summed E-state index contributed by atoms with van der Waals surface area (Å²) in [5.74, 6) is 3.67. The highest BCUT2D eigenvalue weighted by Crippen LogP contribution is 2.32. The van der Waals surface area contributed by atoms with Crippen molar-refractivity contribution in [2.24, 2.45) is 17.8 Å². The van der Waals surface area contributed by atoms with Gasteiger partial charge in [-0.2, -0.15) is 0 Å². The standard InChI is InChI=1S/C14H25NO2S/c1-11(2)12-3-4-14(16)13(9-12)10-15-5-7-18(17)8-6-15/h11-13H,3-10H2,1-2H3. The molecule has 0 amide bonds. The first-order valence-corrected chi connectivity index (χ1v) is 8.65. The molecule has 1 heterocycles. The van der Waals surface area contributed by atoms with E-state index in [1.807, 2.05) is 0 Å². The first-order valence-electron chi connectivity index (χ1n) is 7.16. The zero-order chi connectivity index (χ0) is 13.1. The zero-order valence-corrected chi connectivity index (χ0v) is 12.4. The van der Waals surface area contributed by atoms with Gasteiger partial charge in [0.15, 0.2) is 0 Å². The Labute approximate surface area is 113 Å². The molecular weight excluding hydrogens is 246 g/mol. The average Bonchev–Trinajstić information content (AvgIpc) is 2.34. The van der Waals surface area contributed by atoms with Crippen molar-refractivity contribution in [3.8, 4) is 0 Å². The summed E-state index contributed by atoms with van der Waals surface area (Å²) in [5.41, 5.74) is 0. The van der Waals surface area contributed by atoms with Crippen LogP contribution in [0.3, 0.4) is 0 Å². The van der Waals surface area contributed by atoms with Gasteiger partial charge in [-0.3, -0.25) is 9.00 Å². The second-order valence-corrected chi connectivity index (χ2v) is 7.79. The Balaban J connectivity index is 1.86. The second kappa shape index (κ2) is 6.29. The summed E-state index contributed by atoms with van der Waals surface area (Å²) < 4.78 is 11.3. The normalized spacial score (nSPS) is 32.1. The summed E-state index contributed by atoms with van der Waals surface area (Å²) in [7, 11) is -0.617. The highest BCUT2D eigenvalue weighted by molar-refractivity contribution is 7.85. The van der Waals surface area contributed by atoms with Crippen molar-refractivity contribution in [2.75, 3.05) is 31.1 Å². The minimum atomic E-state index is -0.617. The summed E-state index contributed by atoms with van der Waals surface area (Å²) >= 11 is 0. The molecule has 4 heteroatoms. The van der Waals surface area contributed by atoms with Gasteiger partial charge < -0.3 is 4.90 Å². The van der Waals surface area contributed by atoms with E-state index in [9.17, 15) is 9.00 Å². The topological polar surface area (TPSA) is 37.4 Å². The highest BCUT2D eigenvalue weighted by atomic mass is 32.2. The Bertz CT molecular complexity index is 320. The molecule has 0 aromatic heterocycles. The molecule has 1 saturated heterocycles. The molecule has 2 aliphatic rings. The molecule has 1 aliphatic heterocycles. The Kier molecular flexibility index (Phi) is 4.96. The largest absolute Gasteiger partial charge is 0.301 e. The van der Waals surface area contributed by atoms with Gasteiger partial charge in [-0.15, -0.1) is 0 Å². The summed E-state index contributed by atoms with van der Waals surface area (Å²) in [6.07, 6.45) is 2.92. The van der Waals surface area contributed by atoms with Gasteiger partial charge in [0.2, 0.25) is 0 Å². The molecule has 18 heavy (non-hydrogen) atoms. The summed E-state index contributed by atoms with van der Waals surface area (Å²) in [4.78, 5) is 14.4. The van der Waals surface area contributed by atoms with Gasteiger partial charge in [-0.25, -0.2) is 0 Å². The van der Waals surface area contributed by atoms with Crippen molar-refractivity contribution in [1.29, 1.82) is 0 Å². The summed E-state index contributed by atoms with van der Waals surface area (Å²) in [6, 6.07) is 0. The fourth-order valence-corrected chi connectivity index (χ4v) is 4.23. The number of carbonyl (C=O) groups excluding carboxylic acids is 1. The number of carbonyl (C=O) groups is 1. The van der Waals surface area contributed by atoms with E-state index in [0.717, 1.165) is 50.4 Å². The van der Waals surface area contributed by atoms with Crippen LogP contribution in [0.5, 0.6) is 0 Å². The fourth-order valence-electron chi connectivity index (χ4n) is 3.10. The lowest BCUT2D eigenvalue weighted by Crippen LogP contribution is -2.43. The van der Waals surface area contributed by atoms with Crippen LogP contribution < -0.4 is 0 Å². The molecule has 2 rings (SSSR count). The van der Waals surface area contributed by atoms with Crippen LogP contribution in [0.1, 0.15) is 33.1 Å².